The van der Waals surface area contributed by atoms with E-state index in [0.717, 1.165) is 23.7 Å². The highest BCUT2D eigenvalue weighted by Gasteiger charge is 2.25. The first kappa shape index (κ1) is 24.3. The first-order chi connectivity index (χ1) is 16.5. The van der Waals surface area contributed by atoms with Crippen LogP contribution in [0.1, 0.15) is 28.4 Å². The van der Waals surface area contributed by atoms with Crippen LogP contribution in [0.4, 0.5) is 23.2 Å². The Morgan fingerprint density at radius 2 is 1.74 bits per heavy atom. The Morgan fingerprint density at radius 1 is 1.03 bits per heavy atom. The van der Waals surface area contributed by atoms with Gasteiger partial charge in [-0.05, 0) is 48.0 Å². The van der Waals surface area contributed by atoms with E-state index in [-0.39, 0.29) is 23.4 Å². The predicted octanol–water partition coefficient (Wildman–Crippen LogP) is 5.62. The average molecular weight is 502 g/mol. The molecule has 1 N–H and O–H groups in total. The maximum absolute atomic E-state index is 14.6. The van der Waals surface area contributed by atoms with Crippen LogP contribution in [0.3, 0.4) is 0 Å². The first-order valence-corrected chi connectivity index (χ1v) is 10.8. The molecule has 0 atom stereocenters. The highest BCUT2D eigenvalue weighted by Crippen LogP contribution is 2.27. The van der Waals surface area contributed by atoms with Gasteiger partial charge in [0.25, 0.3) is 17.4 Å². The molecule has 1 amide bonds. The van der Waals surface area contributed by atoms with E-state index >= 15 is 0 Å². The number of rotatable bonds is 6. The molecule has 4 aromatic rings. The molecule has 0 spiro atoms. The number of nitrogens with zero attached hydrogens (tertiary/aromatic N) is 2. The Labute approximate surface area is 203 Å². The van der Waals surface area contributed by atoms with Crippen LogP contribution in [0.2, 0.25) is 0 Å². The minimum absolute atomic E-state index is 0.141. The normalized spacial score (nSPS) is 11.5. The molecule has 1 heterocycles. The van der Waals surface area contributed by atoms with Crippen LogP contribution in [0.15, 0.2) is 82.6 Å². The molecule has 35 heavy (non-hydrogen) atoms. The summed E-state index contributed by atoms with van der Waals surface area (Å²) < 4.78 is 57.8. The Hall–Kier alpha value is -3.79. The lowest BCUT2D eigenvalue weighted by Crippen LogP contribution is -2.26. The lowest BCUT2D eigenvalue weighted by molar-refractivity contribution is 0.0174. The van der Waals surface area contributed by atoms with Crippen LogP contribution in [0, 0.1) is 11.6 Å². The van der Waals surface area contributed by atoms with Gasteiger partial charge in [0.05, 0.1) is 6.54 Å². The second kappa shape index (κ2) is 9.46. The summed E-state index contributed by atoms with van der Waals surface area (Å²) in [6.45, 7) is 0.617. The van der Waals surface area contributed by atoms with E-state index in [1.807, 2.05) is 0 Å². The fraction of sp³-hybridized carbons (Fsp3) is 0.120. The number of halogens is 4. The van der Waals surface area contributed by atoms with Gasteiger partial charge >= 0.3 is 0 Å². The topological polar surface area (TPSA) is 56.0 Å². The molecule has 0 bridgehead atoms. The van der Waals surface area contributed by atoms with Crippen LogP contribution in [-0.2, 0) is 12.5 Å². The van der Waals surface area contributed by atoms with Crippen molar-refractivity contribution in [1.82, 2.24) is 9.36 Å². The SMILES string of the molecule is CC(F)(F)c1cccc(Cn2cc(C(=O)Nc3ccc(S)cc3)c(=O)n2-c2ccc(F)cc2F)c1. The lowest BCUT2D eigenvalue weighted by atomic mass is 10.1. The van der Waals surface area contributed by atoms with E-state index in [9.17, 15) is 27.2 Å². The van der Waals surface area contributed by atoms with Gasteiger partial charge in [0.1, 0.15) is 17.1 Å². The van der Waals surface area contributed by atoms with Crippen molar-refractivity contribution in [3.8, 4) is 5.69 Å². The van der Waals surface area contributed by atoms with Crippen molar-refractivity contribution >= 4 is 24.2 Å². The van der Waals surface area contributed by atoms with Crippen molar-refractivity contribution in [1.29, 1.82) is 0 Å². The third-order valence-electron chi connectivity index (χ3n) is 5.24. The largest absolute Gasteiger partial charge is 0.322 e. The number of benzene rings is 3. The molecule has 0 aliphatic carbocycles. The van der Waals surface area contributed by atoms with Crippen molar-refractivity contribution in [3.63, 3.8) is 0 Å². The standard InChI is InChI=1S/C25H19F4N3O2S/c1-25(28,29)16-4-2-3-15(11-16)13-31-14-20(23(33)30-18-6-8-19(35)9-7-18)24(34)32(31)22-10-5-17(26)12-21(22)27/h2-12,14,35H,13H2,1H3,(H,30,33). The molecule has 1 aromatic heterocycles. The molecule has 5 nitrogen and oxygen atoms in total. The molecule has 180 valence electrons. The van der Waals surface area contributed by atoms with Gasteiger partial charge in [-0.25, -0.2) is 22.2 Å². The summed E-state index contributed by atoms with van der Waals surface area (Å²) in [6, 6.07) is 14.6. The zero-order chi connectivity index (χ0) is 25.3. The predicted molar refractivity (Wildman–Crippen MR) is 127 cm³/mol. The number of anilines is 1. The van der Waals surface area contributed by atoms with Crippen LogP contribution in [0.25, 0.3) is 5.69 Å². The number of hydrogen-bond acceptors (Lipinski definition) is 3. The number of aromatic nitrogens is 2. The summed E-state index contributed by atoms with van der Waals surface area (Å²) in [7, 11) is 0. The van der Waals surface area contributed by atoms with Gasteiger partial charge < -0.3 is 5.32 Å². The molecule has 0 aliphatic heterocycles. The number of alkyl halides is 2. The van der Waals surface area contributed by atoms with Crippen molar-refractivity contribution in [2.24, 2.45) is 0 Å². The number of carbonyl (C=O) groups is 1. The summed E-state index contributed by atoms with van der Waals surface area (Å²) in [5.74, 6) is -5.73. The summed E-state index contributed by atoms with van der Waals surface area (Å²) in [4.78, 5) is 26.8. The van der Waals surface area contributed by atoms with Gasteiger partial charge in [-0.2, -0.15) is 0 Å². The summed E-state index contributed by atoms with van der Waals surface area (Å²) >= 11 is 4.18. The molecule has 0 radical (unpaired) electrons. The van der Waals surface area contributed by atoms with Crippen molar-refractivity contribution in [2.75, 3.05) is 5.32 Å². The molecule has 4 rings (SSSR count). The number of amides is 1. The summed E-state index contributed by atoms with van der Waals surface area (Å²) in [6.07, 6.45) is 1.20. The van der Waals surface area contributed by atoms with Crippen LogP contribution in [0.5, 0.6) is 0 Å². The Morgan fingerprint density at radius 3 is 2.40 bits per heavy atom. The molecule has 0 aliphatic rings. The van der Waals surface area contributed by atoms with E-state index in [2.05, 4.69) is 17.9 Å². The smallest absolute Gasteiger partial charge is 0.284 e. The zero-order valence-corrected chi connectivity index (χ0v) is 19.2. The molecule has 0 unspecified atom stereocenters. The van der Waals surface area contributed by atoms with Crippen molar-refractivity contribution in [3.05, 3.63) is 112 Å². The van der Waals surface area contributed by atoms with E-state index in [1.54, 1.807) is 30.3 Å². The fourth-order valence-electron chi connectivity index (χ4n) is 3.54. The van der Waals surface area contributed by atoms with E-state index in [0.29, 0.717) is 22.2 Å². The van der Waals surface area contributed by atoms with Crippen LogP contribution < -0.4 is 10.9 Å². The average Bonchev–Trinajstić information content (AvgIpc) is 3.11. The van der Waals surface area contributed by atoms with Gasteiger partial charge in [0.2, 0.25) is 0 Å². The third kappa shape index (κ3) is 5.32. The van der Waals surface area contributed by atoms with Gasteiger partial charge in [-0.15, -0.1) is 12.6 Å². The number of hydrogen-bond donors (Lipinski definition) is 2. The molecule has 3 aromatic carbocycles. The van der Waals surface area contributed by atoms with Crippen molar-refractivity contribution < 1.29 is 22.4 Å². The van der Waals surface area contributed by atoms with E-state index in [1.165, 1.54) is 29.1 Å². The zero-order valence-electron chi connectivity index (χ0n) is 18.3. The van der Waals surface area contributed by atoms with E-state index in [4.69, 9.17) is 0 Å². The van der Waals surface area contributed by atoms with E-state index < -0.39 is 29.0 Å². The second-order valence-electron chi connectivity index (χ2n) is 7.94. The third-order valence-corrected chi connectivity index (χ3v) is 5.54. The van der Waals surface area contributed by atoms with Gasteiger partial charge in [-0.3, -0.25) is 14.3 Å². The van der Waals surface area contributed by atoms with Crippen molar-refractivity contribution in [2.45, 2.75) is 24.3 Å². The van der Waals surface area contributed by atoms with Crippen LogP contribution >= 0.6 is 12.6 Å². The molecule has 10 heteroatoms. The Kier molecular flexibility index (Phi) is 6.58. The summed E-state index contributed by atoms with van der Waals surface area (Å²) in [5.41, 5.74) is -0.943. The van der Waals surface area contributed by atoms with Crippen LogP contribution in [-0.4, -0.2) is 15.3 Å². The monoisotopic (exact) mass is 501 g/mol. The summed E-state index contributed by atoms with van der Waals surface area (Å²) in [5, 5.41) is 2.58. The highest BCUT2D eigenvalue weighted by atomic mass is 32.1. The first-order valence-electron chi connectivity index (χ1n) is 10.4. The molecular formula is C25H19F4N3O2S. The Bertz CT molecular complexity index is 1460. The second-order valence-corrected chi connectivity index (χ2v) is 8.46. The highest BCUT2D eigenvalue weighted by molar-refractivity contribution is 7.80. The fourth-order valence-corrected chi connectivity index (χ4v) is 3.69. The number of nitrogens with one attached hydrogen (secondary N) is 1. The number of carbonyl (C=O) groups excluding carboxylic acids is 1. The minimum atomic E-state index is -3.09. The molecular weight excluding hydrogens is 482 g/mol. The number of thiol groups is 1. The lowest BCUT2D eigenvalue weighted by Gasteiger charge is -2.15. The molecule has 0 saturated heterocycles. The maximum atomic E-state index is 14.6. The Balaban J connectivity index is 1.79. The van der Waals surface area contributed by atoms with Gasteiger partial charge in [0, 0.05) is 35.3 Å². The van der Waals surface area contributed by atoms with Gasteiger partial charge in [-0.1, -0.05) is 18.2 Å². The minimum Gasteiger partial charge on any atom is -0.322 e. The van der Waals surface area contributed by atoms with Gasteiger partial charge in [0.15, 0.2) is 5.82 Å². The quantitative estimate of drug-likeness (QED) is 0.266. The molecule has 0 saturated carbocycles. The molecule has 0 fully saturated rings. The maximum Gasteiger partial charge on any atom is 0.284 e.